The zero-order valence-corrected chi connectivity index (χ0v) is 10.7. The molecule has 0 N–H and O–H groups in total. The number of esters is 1. The lowest BCUT2D eigenvalue weighted by molar-refractivity contribution is -0.133. The summed E-state index contributed by atoms with van der Waals surface area (Å²) in [6.45, 7) is 4.18. The summed E-state index contributed by atoms with van der Waals surface area (Å²) in [5.74, 6) is 2.37. The van der Waals surface area contributed by atoms with Crippen LogP contribution in [0.1, 0.15) is 25.8 Å². The largest absolute Gasteiger partial charge is 0.427 e. The minimum atomic E-state index is -0.148. The highest BCUT2D eigenvalue weighted by Gasteiger charge is 2.04. The van der Waals surface area contributed by atoms with Gasteiger partial charge in [-0.2, -0.15) is 11.8 Å². The first kappa shape index (κ1) is 13.1. The number of carbonyl (C=O) groups excluding carboxylic acids is 1. The van der Waals surface area contributed by atoms with Gasteiger partial charge in [-0.25, -0.2) is 0 Å². The van der Waals surface area contributed by atoms with Gasteiger partial charge < -0.3 is 4.74 Å². The van der Waals surface area contributed by atoms with E-state index in [4.69, 9.17) is 4.74 Å². The van der Waals surface area contributed by atoms with Gasteiger partial charge in [0.2, 0.25) is 0 Å². The molecule has 16 heavy (non-hydrogen) atoms. The summed E-state index contributed by atoms with van der Waals surface area (Å²) in [5, 5.41) is 0. The molecular weight excluding hydrogens is 220 g/mol. The summed E-state index contributed by atoms with van der Waals surface area (Å²) in [6, 6.07) is 7.68. The van der Waals surface area contributed by atoms with Crippen molar-refractivity contribution in [1.29, 1.82) is 0 Å². The second kappa shape index (κ2) is 7.34. The van der Waals surface area contributed by atoms with Gasteiger partial charge in [0.25, 0.3) is 0 Å². The summed E-state index contributed by atoms with van der Waals surface area (Å²) < 4.78 is 5.21. The highest BCUT2D eigenvalue weighted by Crippen LogP contribution is 2.13. The van der Waals surface area contributed by atoms with Gasteiger partial charge in [-0.3, -0.25) is 4.79 Å². The molecule has 0 aliphatic heterocycles. The van der Waals surface area contributed by atoms with Crippen molar-refractivity contribution >= 4 is 17.7 Å². The minimum Gasteiger partial charge on any atom is -0.427 e. The quantitative estimate of drug-likeness (QED) is 0.432. The van der Waals surface area contributed by atoms with Gasteiger partial charge in [0, 0.05) is 5.75 Å². The smallest absolute Gasteiger partial charge is 0.312 e. The second-order valence-corrected chi connectivity index (χ2v) is 4.81. The zero-order chi connectivity index (χ0) is 11.8. The summed E-state index contributed by atoms with van der Waals surface area (Å²) >= 11 is 1.75. The van der Waals surface area contributed by atoms with E-state index in [0.717, 1.165) is 17.9 Å². The Hall–Kier alpha value is -0.960. The Morgan fingerprint density at radius 3 is 2.50 bits per heavy atom. The molecule has 0 fully saturated rings. The third-order valence-electron chi connectivity index (χ3n) is 2.22. The number of benzene rings is 1. The van der Waals surface area contributed by atoms with Gasteiger partial charge in [-0.15, -0.1) is 0 Å². The summed E-state index contributed by atoms with van der Waals surface area (Å²) in [7, 11) is 0. The fourth-order valence-electron chi connectivity index (χ4n) is 1.28. The summed E-state index contributed by atoms with van der Waals surface area (Å²) in [5.41, 5.74) is 1.25. The molecule has 0 radical (unpaired) electrons. The van der Waals surface area contributed by atoms with Crippen LogP contribution in [0.2, 0.25) is 0 Å². The van der Waals surface area contributed by atoms with Gasteiger partial charge in [0.15, 0.2) is 0 Å². The van der Waals surface area contributed by atoms with Crippen molar-refractivity contribution in [2.45, 2.75) is 26.7 Å². The molecule has 1 aromatic carbocycles. The van der Waals surface area contributed by atoms with Crippen LogP contribution in [-0.4, -0.2) is 17.5 Å². The number of ether oxygens (including phenoxy) is 1. The van der Waals surface area contributed by atoms with E-state index in [1.54, 1.807) is 11.8 Å². The molecule has 0 atom stereocenters. The van der Waals surface area contributed by atoms with Crippen molar-refractivity contribution in [2.24, 2.45) is 0 Å². The number of hydrogen-bond donors (Lipinski definition) is 0. The molecule has 88 valence electrons. The van der Waals surface area contributed by atoms with Crippen LogP contribution in [0.5, 0.6) is 5.75 Å². The zero-order valence-electron chi connectivity index (χ0n) is 9.86. The second-order valence-electron chi connectivity index (χ2n) is 3.42. The average Bonchev–Trinajstić information content (AvgIpc) is 2.30. The third kappa shape index (κ3) is 4.71. The van der Waals surface area contributed by atoms with Crippen LogP contribution < -0.4 is 4.74 Å². The SMILES string of the molecule is CCSCCC(=O)Oc1ccc(CC)cc1. The van der Waals surface area contributed by atoms with Crippen molar-refractivity contribution in [3.8, 4) is 5.75 Å². The van der Waals surface area contributed by atoms with Crippen LogP contribution in [0, 0.1) is 0 Å². The molecule has 0 saturated carbocycles. The van der Waals surface area contributed by atoms with E-state index in [1.165, 1.54) is 5.56 Å². The van der Waals surface area contributed by atoms with E-state index >= 15 is 0 Å². The Labute approximate surface area is 101 Å². The first-order valence-electron chi connectivity index (χ1n) is 5.63. The van der Waals surface area contributed by atoms with E-state index in [1.807, 2.05) is 24.3 Å². The lowest BCUT2D eigenvalue weighted by Crippen LogP contribution is -2.08. The molecule has 0 amide bonds. The van der Waals surface area contributed by atoms with Gasteiger partial charge >= 0.3 is 5.97 Å². The Morgan fingerprint density at radius 1 is 1.25 bits per heavy atom. The van der Waals surface area contributed by atoms with Crippen molar-refractivity contribution < 1.29 is 9.53 Å². The molecule has 3 heteroatoms. The van der Waals surface area contributed by atoms with Crippen molar-refractivity contribution in [2.75, 3.05) is 11.5 Å². The fraction of sp³-hybridized carbons (Fsp3) is 0.462. The molecule has 1 aromatic rings. The van der Waals surface area contributed by atoms with E-state index in [0.29, 0.717) is 12.2 Å². The highest BCUT2D eigenvalue weighted by atomic mass is 32.2. The van der Waals surface area contributed by atoms with Gasteiger partial charge in [-0.05, 0) is 29.9 Å². The number of rotatable bonds is 6. The van der Waals surface area contributed by atoms with Crippen molar-refractivity contribution in [3.05, 3.63) is 29.8 Å². The molecule has 2 nitrogen and oxygen atoms in total. The molecule has 0 bridgehead atoms. The highest BCUT2D eigenvalue weighted by molar-refractivity contribution is 7.99. The van der Waals surface area contributed by atoms with Crippen molar-refractivity contribution in [3.63, 3.8) is 0 Å². The minimum absolute atomic E-state index is 0.148. The Bertz CT molecular complexity index is 319. The van der Waals surface area contributed by atoms with E-state index in [-0.39, 0.29) is 5.97 Å². The third-order valence-corrected chi connectivity index (χ3v) is 3.12. The predicted molar refractivity (Wildman–Crippen MR) is 69.1 cm³/mol. The standard InChI is InChI=1S/C13H18O2S/c1-3-11-5-7-12(8-6-11)15-13(14)9-10-16-4-2/h5-8H,3-4,9-10H2,1-2H3. The van der Waals surface area contributed by atoms with Gasteiger partial charge in [0.1, 0.15) is 5.75 Å². The van der Waals surface area contributed by atoms with Crippen LogP contribution in [-0.2, 0) is 11.2 Å². The number of carbonyl (C=O) groups is 1. The monoisotopic (exact) mass is 238 g/mol. The summed E-state index contributed by atoms with van der Waals surface area (Å²) in [6.07, 6.45) is 1.48. The topological polar surface area (TPSA) is 26.3 Å². The van der Waals surface area contributed by atoms with Crippen LogP contribution in [0.4, 0.5) is 0 Å². The molecule has 0 unspecified atom stereocenters. The summed E-state index contributed by atoms with van der Waals surface area (Å²) in [4.78, 5) is 11.4. The van der Waals surface area contributed by atoms with Gasteiger partial charge in [0.05, 0.1) is 6.42 Å². The van der Waals surface area contributed by atoms with E-state index in [9.17, 15) is 4.79 Å². The molecule has 1 rings (SSSR count). The molecule has 0 aliphatic carbocycles. The van der Waals surface area contributed by atoms with E-state index in [2.05, 4.69) is 13.8 Å². The Morgan fingerprint density at radius 2 is 1.94 bits per heavy atom. The molecule has 0 spiro atoms. The van der Waals surface area contributed by atoms with Crippen molar-refractivity contribution in [1.82, 2.24) is 0 Å². The Balaban J connectivity index is 2.37. The van der Waals surface area contributed by atoms with Crippen LogP contribution >= 0.6 is 11.8 Å². The lowest BCUT2D eigenvalue weighted by atomic mass is 10.2. The number of hydrogen-bond acceptors (Lipinski definition) is 3. The lowest BCUT2D eigenvalue weighted by Gasteiger charge is -2.04. The molecule has 0 heterocycles. The first-order valence-corrected chi connectivity index (χ1v) is 6.79. The van der Waals surface area contributed by atoms with Crippen LogP contribution in [0.3, 0.4) is 0 Å². The van der Waals surface area contributed by atoms with Gasteiger partial charge in [-0.1, -0.05) is 26.0 Å². The van der Waals surface area contributed by atoms with Crippen LogP contribution in [0.15, 0.2) is 24.3 Å². The maximum atomic E-state index is 11.4. The van der Waals surface area contributed by atoms with Crippen LogP contribution in [0.25, 0.3) is 0 Å². The maximum absolute atomic E-state index is 11.4. The average molecular weight is 238 g/mol. The predicted octanol–water partition coefficient (Wildman–Crippen LogP) is 3.30. The molecule has 0 aromatic heterocycles. The molecular formula is C13H18O2S. The Kier molecular flexibility index (Phi) is 6.01. The maximum Gasteiger partial charge on any atom is 0.312 e. The molecule has 0 saturated heterocycles. The molecule has 0 aliphatic rings. The number of aryl methyl sites for hydroxylation is 1. The van der Waals surface area contributed by atoms with E-state index < -0.39 is 0 Å². The fourth-order valence-corrected chi connectivity index (χ4v) is 1.88. The normalized spacial score (nSPS) is 10.1. The number of thioether (sulfide) groups is 1. The first-order chi connectivity index (χ1) is 7.76.